The molecule has 0 N–H and O–H groups in total. The normalized spacial score (nSPS) is 40.7. The minimum atomic E-state index is -0.00462. The Balaban J connectivity index is 0.000000137. The summed E-state index contributed by atoms with van der Waals surface area (Å²) in [6.07, 6.45) is 9.59. The lowest BCUT2D eigenvalue weighted by atomic mass is 9.53. The van der Waals surface area contributed by atoms with E-state index in [1.165, 1.54) is 63.9 Å². The molecule has 2 spiro atoms. The van der Waals surface area contributed by atoms with Crippen molar-refractivity contribution in [3.8, 4) is 0 Å². The molecule has 8 rings (SSSR count). The summed E-state index contributed by atoms with van der Waals surface area (Å²) in [7, 11) is 7.44. The van der Waals surface area contributed by atoms with Crippen LogP contribution in [0.1, 0.15) is 49.7 Å². The SMILES string of the molecule is COC(=O)C1C(Cc2ccccc2)CC23CCC2N(C)C13.COC(=O)C1C(Cc2ccccc2)CC23CCC2N(C)C13. The number of carbonyl (C=O) groups is 2. The highest BCUT2D eigenvalue weighted by Gasteiger charge is 2.73. The van der Waals surface area contributed by atoms with Crippen LogP contribution >= 0.6 is 0 Å². The topological polar surface area (TPSA) is 59.1 Å². The number of nitrogens with zero attached hydrogens (tertiary/aromatic N) is 2. The van der Waals surface area contributed by atoms with E-state index in [1.54, 1.807) is 0 Å². The zero-order valence-electron chi connectivity index (χ0n) is 25.6. The Labute approximate surface area is 250 Å². The van der Waals surface area contributed by atoms with Crippen molar-refractivity contribution < 1.29 is 19.1 Å². The van der Waals surface area contributed by atoms with E-state index in [0.717, 1.165) is 24.9 Å². The predicted molar refractivity (Wildman–Crippen MR) is 162 cm³/mol. The number of hydrogen-bond acceptors (Lipinski definition) is 6. The molecule has 224 valence electrons. The molecule has 6 nitrogen and oxygen atoms in total. The van der Waals surface area contributed by atoms with Gasteiger partial charge in [-0.25, -0.2) is 0 Å². The van der Waals surface area contributed by atoms with Gasteiger partial charge in [-0.2, -0.15) is 0 Å². The lowest BCUT2D eigenvalue weighted by molar-refractivity contribution is -0.193. The predicted octanol–water partition coefficient (Wildman–Crippen LogP) is 5.00. The van der Waals surface area contributed by atoms with Crippen LogP contribution in [0.25, 0.3) is 0 Å². The largest absolute Gasteiger partial charge is 0.469 e. The molecule has 0 amide bonds. The third kappa shape index (κ3) is 3.97. The van der Waals surface area contributed by atoms with Gasteiger partial charge in [0.1, 0.15) is 0 Å². The molecule has 4 saturated carbocycles. The van der Waals surface area contributed by atoms with Crippen LogP contribution in [-0.2, 0) is 31.9 Å². The molecule has 6 fully saturated rings. The van der Waals surface area contributed by atoms with Crippen molar-refractivity contribution in [2.24, 2.45) is 34.5 Å². The van der Waals surface area contributed by atoms with Crippen LogP contribution in [0.2, 0.25) is 0 Å². The number of ether oxygens (including phenoxy) is 2. The van der Waals surface area contributed by atoms with Crippen LogP contribution in [0.15, 0.2) is 60.7 Å². The minimum Gasteiger partial charge on any atom is -0.469 e. The lowest BCUT2D eigenvalue weighted by Gasteiger charge is -2.68. The van der Waals surface area contributed by atoms with Gasteiger partial charge in [-0.05, 0) is 88.4 Å². The Kier molecular flexibility index (Phi) is 7.01. The number of esters is 2. The van der Waals surface area contributed by atoms with E-state index >= 15 is 0 Å². The first-order valence-corrected chi connectivity index (χ1v) is 16.0. The highest BCUT2D eigenvalue weighted by Crippen LogP contribution is 2.69. The number of hydrogen-bond donors (Lipinski definition) is 0. The first-order chi connectivity index (χ1) is 20.3. The standard InChI is InChI=1S/2C18H23NO2/c2*1-19-14-8-9-18(14)11-13(10-12-6-4-3-5-7-12)15(16(18)19)17(20)21-2/h2*3-7,13-16H,8-11H2,1-2H3. The van der Waals surface area contributed by atoms with Crippen molar-refractivity contribution in [2.75, 3.05) is 28.3 Å². The van der Waals surface area contributed by atoms with Crippen LogP contribution in [0.5, 0.6) is 0 Å². The fraction of sp³-hybridized carbons (Fsp3) is 0.611. The molecule has 10 unspecified atom stereocenters. The second kappa shape index (κ2) is 10.5. The molecule has 6 heteroatoms. The molecule has 2 saturated heterocycles. The van der Waals surface area contributed by atoms with Crippen LogP contribution in [0, 0.1) is 34.5 Å². The molecular formula is C36H46N2O4. The molecular weight excluding hydrogens is 524 g/mol. The quantitative estimate of drug-likeness (QED) is 0.456. The number of benzene rings is 2. The molecule has 6 aliphatic rings. The number of methoxy groups -OCH3 is 2. The average Bonchev–Trinajstić information content (AvgIpc) is 3.51. The maximum atomic E-state index is 12.4. The Hall–Kier alpha value is -2.70. The van der Waals surface area contributed by atoms with Crippen molar-refractivity contribution >= 4 is 11.9 Å². The van der Waals surface area contributed by atoms with Crippen molar-refractivity contribution in [1.29, 1.82) is 0 Å². The van der Waals surface area contributed by atoms with Gasteiger partial charge in [0.25, 0.3) is 0 Å². The van der Waals surface area contributed by atoms with E-state index in [2.05, 4.69) is 72.4 Å². The van der Waals surface area contributed by atoms with Crippen LogP contribution in [-0.4, -0.2) is 74.2 Å². The molecule has 0 radical (unpaired) electrons. The van der Waals surface area contributed by atoms with Crippen molar-refractivity contribution in [3.63, 3.8) is 0 Å². The summed E-state index contributed by atoms with van der Waals surface area (Å²) in [5.41, 5.74) is 3.53. The first kappa shape index (κ1) is 28.1. The Morgan fingerprint density at radius 3 is 1.38 bits per heavy atom. The zero-order chi connectivity index (χ0) is 29.2. The van der Waals surface area contributed by atoms with E-state index in [0.29, 0.717) is 34.7 Å². The monoisotopic (exact) mass is 570 g/mol. The van der Waals surface area contributed by atoms with Gasteiger partial charge in [-0.15, -0.1) is 0 Å². The second-order valence-corrected chi connectivity index (χ2v) is 14.2. The van der Waals surface area contributed by atoms with Gasteiger partial charge in [0, 0.05) is 35.0 Å². The van der Waals surface area contributed by atoms with E-state index < -0.39 is 0 Å². The zero-order valence-corrected chi connectivity index (χ0v) is 25.6. The van der Waals surface area contributed by atoms with Crippen LogP contribution < -0.4 is 0 Å². The molecule has 2 aliphatic heterocycles. The van der Waals surface area contributed by atoms with Gasteiger partial charge < -0.3 is 9.47 Å². The third-order valence-corrected chi connectivity index (χ3v) is 12.7. The van der Waals surface area contributed by atoms with Crippen LogP contribution in [0.3, 0.4) is 0 Å². The molecule has 2 aromatic carbocycles. The summed E-state index contributed by atoms with van der Waals surface area (Å²) in [4.78, 5) is 29.6. The Morgan fingerprint density at radius 2 is 1.07 bits per heavy atom. The minimum absolute atomic E-state index is 0.00462. The average molecular weight is 571 g/mol. The van der Waals surface area contributed by atoms with Gasteiger partial charge in [0.2, 0.25) is 0 Å². The smallest absolute Gasteiger partial charge is 0.310 e. The summed E-state index contributed by atoms with van der Waals surface area (Å²) in [6.45, 7) is 0. The molecule has 4 aliphatic carbocycles. The van der Waals surface area contributed by atoms with Gasteiger partial charge in [0.05, 0.1) is 26.1 Å². The van der Waals surface area contributed by atoms with Gasteiger partial charge in [-0.3, -0.25) is 19.4 Å². The van der Waals surface area contributed by atoms with E-state index in [9.17, 15) is 9.59 Å². The Bertz CT molecular complexity index is 1220. The fourth-order valence-corrected chi connectivity index (χ4v) is 11.1. The molecule has 42 heavy (non-hydrogen) atoms. The summed E-state index contributed by atoms with van der Waals surface area (Å²) in [5.74, 6) is 0.953. The molecule has 0 aromatic heterocycles. The van der Waals surface area contributed by atoms with Crippen molar-refractivity contribution in [1.82, 2.24) is 9.80 Å². The maximum absolute atomic E-state index is 12.4. The Morgan fingerprint density at radius 1 is 0.690 bits per heavy atom. The molecule has 0 bridgehead atoms. The number of likely N-dealkylation sites (tertiary alicyclic amines) is 2. The number of carbonyl (C=O) groups excluding carboxylic acids is 2. The molecule has 10 atom stereocenters. The molecule has 2 heterocycles. The molecule has 2 aromatic rings. The van der Waals surface area contributed by atoms with Gasteiger partial charge >= 0.3 is 11.9 Å². The van der Waals surface area contributed by atoms with Crippen molar-refractivity contribution in [2.45, 2.75) is 75.5 Å². The number of rotatable bonds is 6. The van der Waals surface area contributed by atoms with E-state index in [4.69, 9.17) is 9.47 Å². The first-order valence-electron chi connectivity index (χ1n) is 16.0. The van der Waals surface area contributed by atoms with Gasteiger partial charge in [0.15, 0.2) is 0 Å². The van der Waals surface area contributed by atoms with Crippen molar-refractivity contribution in [3.05, 3.63) is 71.8 Å². The van der Waals surface area contributed by atoms with Crippen LogP contribution in [0.4, 0.5) is 0 Å². The maximum Gasteiger partial charge on any atom is 0.310 e. The highest BCUT2D eigenvalue weighted by molar-refractivity contribution is 5.75. The lowest BCUT2D eigenvalue weighted by Crippen LogP contribution is -2.75. The number of piperidine rings is 2. The third-order valence-electron chi connectivity index (χ3n) is 12.7. The summed E-state index contributed by atoms with van der Waals surface area (Å²) in [5, 5.41) is 0. The highest BCUT2D eigenvalue weighted by atomic mass is 16.5. The van der Waals surface area contributed by atoms with E-state index in [-0.39, 0.29) is 23.8 Å². The summed E-state index contributed by atoms with van der Waals surface area (Å²) in [6, 6.07) is 23.4. The fourth-order valence-electron chi connectivity index (χ4n) is 11.1. The summed E-state index contributed by atoms with van der Waals surface area (Å²) >= 11 is 0. The van der Waals surface area contributed by atoms with Gasteiger partial charge in [-0.1, -0.05) is 60.7 Å². The van der Waals surface area contributed by atoms with E-state index in [1.807, 2.05) is 12.1 Å². The second-order valence-electron chi connectivity index (χ2n) is 14.2. The summed E-state index contributed by atoms with van der Waals surface area (Å²) < 4.78 is 10.3.